The third kappa shape index (κ3) is 2.65. The fraction of sp³-hybridized carbons (Fsp3) is 0.400. The van der Waals surface area contributed by atoms with Gasteiger partial charge in [0.2, 0.25) is 0 Å². The van der Waals surface area contributed by atoms with Crippen LogP contribution >= 0.6 is 0 Å². The number of hydrogen-bond donors (Lipinski definition) is 0. The SMILES string of the molecule is COc1ccc(C2c3cc(OC)c(OC)cc3CC2(C)C)cc1. The first-order valence-electron chi connectivity index (χ1n) is 7.89. The van der Waals surface area contributed by atoms with Crippen LogP contribution in [0.15, 0.2) is 36.4 Å². The molecule has 0 N–H and O–H groups in total. The lowest BCUT2D eigenvalue weighted by Crippen LogP contribution is -2.18. The summed E-state index contributed by atoms with van der Waals surface area (Å²) in [4.78, 5) is 0. The van der Waals surface area contributed by atoms with Gasteiger partial charge in [-0.3, -0.25) is 0 Å². The lowest BCUT2D eigenvalue weighted by Gasteiger charge is -2.28. The van der Waals surface area contributed by atoms with E-state index in [0.717, 1.165) is 23.7 Å². The molecule has 0 spiro atoms. The average Bonchev–Trinajstić information content (AvgIpc) is 2.82. The van der Waals surface area contributed by atoms with Gasteiger partial charge in [-0.05, 0) is 52.8 Å². The third-order valence-electron chi connectivity index (χ3n) is 4.83. The molecule has 0 radical (unpaired) electrons. The van der Waals surface area contributed by atoms with E-state index in [1.54, 1.807) is 21.3 Å². The Kier molecular flexibility index (Phi) is 3.97. The Morgan fingerprint density at radius 2 is 1.48 bits per heavy atom. The Morgan fingerprint density at radius 1 is 0.870 bits per heavy atom. The van der Waals surface area contributed by atoms with E-state index in [2.05, 4.69) is 38.1 Å². The van der Waals surface area contributed by atoms with Crippen LogP contribution in [0, 0.1) is 5.41 Å². The molecule has 1 aliphatic rings. The Balaban J connectivity index is 2.10. The minimum absolute atomic E-state index is 0.147. The van der Waals surface area contributed by atoms with Crippen molar-refractivity contribution in [1.82, 2.24) is 0 Å². The van der Waals surface area contributed by atoms with Crippen LogP contribution in [0.1, 0.15) is 36.5 Å². The Hall–Kier alpha value is -2.16. The van der Waals surface area contributed by atoms with E-state index in [1.807, 2.05) is 12.1 Å². The molecule has 0 saturated carbocycles. The topological polar surface area (TPSA) is 27.7 Å². The quantitative estimate of drug-likeness (QED) is 0.836. The number of benzene rings is 2. The van der Waals surface area contributed by atoms with Crippen molar-refractivity contribution >= 4 is 0 Å². The minimum Gasteiger partial charge on any atom is -0.497 e. The van der Waals surface area contributed by atoms with Crippen LogP contribution in [0.2, 0.25) is 0 Å². The van der Waals surface area contributed by atoms with Gasteiger partial charge in [0.1, 0.15) is 5.75 Å². The molecule has 3 rings (SSSR count). The Morgan fingerprint density at radius 3 is 2.04 bits per heavy atom. The molecule has 23 heavy (non-hydrogen) atoms. The van der Waals surface area contributed by atoms with E-state index in [9.17, 15) is 0 Å². The monoisotopic (exact) mass is 312 g/mol. The highest BCUT2D eigenvalue weighted by atomic mass is 16.5. The summed E-state index contributed by atoms with van der Waals surface area (Å²) in [6.07, 6.45) is 1.03. The van der Waals surface area contributed by atoms with Crippen molar-refractivity contribution in [2.75, 3.05) is 21.3 Å². The van der Waals surface area contributed by atoms with Crippen molar-refractivity contribution in [3.63, 3.8) is 0 Å². The van der Waals surface area contributed by atoms with E-state index in [4.69, 9.17) is 14.2 Å². The van der Waals surface area contributed by atoms with E-state index < -0.39 is 0 Å². The predicted molar refractivity (Wildman–Crippen MR) is 91.9 cm³/mol. The van der Waals surface area contributed by atoms with Gasteiger partial charge in [-0.2, -0.15) is 0 Å². The first-order valence-corrected chi connectivity index (χ1v) is 7.89. The highest BCUT2D eigenvalue weighted by Crippen LogP contribution is 2.52. The molecule has 0 aromatic heterocycles. The molecule has 0 saturated heterocycles. The number of methoxy groups -OCH3 is 3. The Bertz CT molecular complexity index is 702. The van der Waals surface area contributed by atoms with Gasteiger partial charge in [-0.1, -0.05) is 26.0 Å². The lowest BCUT2D eigenvalue weighted by molar-refractivity contribution is 0.346. The van der Waals surface area contributed by atoms with E-state index in [0.29, 0.717) is 5.92 Å². The predicted octanol–water partition coefficient (Wildman–Crippen LogP) is 4.43. The zero-order chi connectivity index (χ0) is 16.6. The van der Waals surface area contributed by atoms with Gasteiger partial charge in [0, 0.05) is 5.92 Å². The molecule has 3 nitrogen and oxygen atoms in total. The molecule has 1 atom stereocenters. The lowest BCUT2D eigenvalue weighted by atomic mass is 9.76. The molecule has 0 amide bonds. The Labute approximate surface area is 138 Å². The summed E-state index contributed by atoms with van der Waals surface area (Å²) in [6, 6.07) is 12.7. The van der Waals surface area contributed by atoms with Crippen LogP contribution in [-0.2, 0) is 6.42 Å². The fourth-order valence-corrected chi connectivity index (χ4v) is 3.80. The molecule has 0 fully saturated rings. The summed E-state index contributed by atoms with van der Waals surface area (Å²) in [5.41, 5.74) is 4.13. The molecule has 0 aliphatic heterocycles. The molecule has 122 valence electrons. The van der Waals surface area contributed by atoms with Gasteiger partial charge in [0.25, 0.3) is 0 Å². The van der Waals surface area contributed by atoms with Gasteiger partial charge in [0.05, 0.1) is 21.3 Å². The molecule has 2 aromatic carbocycles. The molecule has 1 unspecified atom stereocenters. The van der Waals surface area contributed by atoms with Crippen LogP contribution in [0.25, 0.3) is 0 Å². The van der Waals surface area contributed by atoms with Crippen molar-refractivity contribution < 1.29 is 14.2 Å². The van der Waals surface area contributed by atoms with Gasteiger partial charge in [0.15, 0.2) is 11.5 Å². The second kappa shape index (κ2) is 5.80. The first-order chi connectivity index (χ1) is 11.0. The van der Waals surface area contributed by atoms with E-state index in [-0.39, 0.29) is 5.41 Å². The second-order valence-electron chi connectivity index (χ2n) is 6.78. The van der Waals surface area contributed by atoms with Crippen LogP contribution in [-0.4, -0.2) is 21.3 Å². The maximum atomic E-state index is 5.51. The van der Waals surface area contributed by atoms with Crippen LogP contribution in [0.3, 0.4) is 0 Å². The number of rotatable bonds is 4. The first kappa shape index (κ1) is 15.7. The van der Waals surface area contributed by atoms with Crippen LogP contribution in [0.5, 0.6) is 17.2 Å². The molecule has 0 bridgehead atoms. The molecular weight excluding hydrogens is 288 g/mol. The van der Waals surface area contributed by atoms with Gasteiger partial charge in [-0.15, -0.1) is 0 Å². The van der Waals surface area contributed by atoms with Gasteiger partial charge >= 0.3 is 0 Å². The van der Waals surface area contributed by atoms with E-state index in [1.165, 1.54) is 16.7 Å². The molecule has 0 heterocycles. The summed E-state index contributed by atoms with van der Waals surface area (Å²) in [7, 11) is 5.07. The minimum atomic E-state index is 0.147. The molecule has 2 aromatic rings. The highest BCUT2D eigenvalue weighted by molar-refractivity contribution is 5.54. The molecule has 3 heteroatoms. The summed E-state index contributed by atoms with van der Waals surface area (Å²) < 4.78 is 16.2. The highest BCUT2D eigenvalue weighted by Gasteiger charge is 2.40. The number of fused-ring (bicyclic) bond motifs is 1. The summed E-state index contributed by atoms with van der Waals surface area (Å²) in [6.45, 7) is 4.64. The van der Waals surface area contributed by atoms with Crippen molar-refractivity contribution in [3.8, 4) is 17.2 Å². The second-order valence-corrected chi connectivity index (χ2v) is 6.78. The van der Waals surface area contributed by atoms with Crippen LogP contribution in [0.4, 0.5) is 0 Å². The zero-order valence-corrected chi connectivity index (χ0v) is 14.5. The maximum absolute atomic E-state index is 5.51. The molecule has 1 aliphatic carbocycles. The van der Waals surface area contributed by atoms with Crippen molar-refractivity contribution in [2.24, 2.45) is 5.41 Å². The number of hydrogen-bond acceptors (Lipinski definition) is 3. The van der Waals surface area contributed by atoms with Gasteiger partial charge < -0.3 is 14.2 Å². The van der Waals surface area contributed by atoms with Crippen molar-refractivity contribution in [3.05, 3.63) is 53.1 Å². The zero-order valence-electron chi connectivity index (χ0n) is 14.5. The molecular formula is C20H24O3. The fourth-order valence-electron chi connectivity index (χ4n) is 3.80. The smallest absolute Gasteiger partial charge is 0.161 e. The normalized spacial score (nSPS) is 18.4. The van der Waals surface area contributed by atoms with Crippen LogP contribution < -0.4 is 14.2 Å². The van der Waals surface area contributed by atoms with Crippen molar-refractivity contribution in [1.29, 1.82) is 0 Å². The summed E-state index contributed by atoms with van der Waals surface area (Å²) in [5, 5.41) is 0. The largest absolute Gasteiger partial charge is 0.497 e. The van der Waals surface area contributed by atoms with E-state index >= 15 is 0 Å². The maximum Gasteiger partial charge on any atom is 0.161 e. The summed E-state index contributed by atoms with van der Waals surface area (Å²) in [5.74, 6) is 2.82. The summed E-state index contributed by atoms with van der Waals surface area (Å²) >= 11 is 0. The standard InChI is InChI=1S/C20H24O3/c1-20(2)12-14-10-17(22-4)18(23-5)11-16(14)19(20)13-6-8-15(21-3)9-7-13/h6-11,19H,12H2,1-5H3. The average molecular weight is 312 g/mol. The van der Waals surface area contributed by atoms with Gasteiger partial charge in [-0.25, -0.2) is 0 Å². The third-order valence-corrected chi connectivity index (χ3v) is 4.83. The number of ether oxygens (including phenoxy) is 3. The van der Waals surface area contributed by atoms with Crippen molar-refractivity contribution in [2.45, 2.75) is 26.2 Å².